The second kappa shape index (κ2) is 8.29. The minimum absolute atomic E-state index is 0. The molecule has 0 saturated heterocycles. The van der Waals surface area contributed by atoms with Crippen LogP contribution >= 0.6 is 11.6 Å². The zero-order chi connectivity index (χ0) is 21.2. The number of nitrogens with zero attached hydrogens (tertiary/aromatic N) is 3. The zero-order valence-corrected chi connectivity index (χ0v) is 17.1. The maximum absolute atomic E-state index is 14.2. The first-order chi connectivity index (χ1) is 13.6. The third kappa shape index (κ3) is 5.18. The van der Waals surface area contributed by atoms with Gasteiger partial charge in [-0.2, -0.15) is 0 Å². The molecule has 0 aliphatic carbocycles. The summed E-state index contributed by atoms with van der Waals surface area (Å²) in [5, 5.41) is 6.25. The van der Waals surface area contributed by atoms with Crippen molar-refractivity contribution in [2.24, 2.45) is 0 Å². The summed E-state index contributed by atoms with van der Waals surface area (Å²) in [6.45, 7) is 1.47. The Kier molecular flexibility index (Phi) is 5.99. The Hall–Kier alpha value is -2.79. The van der Waals surface area contributed by atoms with Gasteiger partial charge in [-0.25, -0.2) is 27.8 Å². The van der Waals surface area contributed by atoms with Crippen molar-refractivity contribution in [1.29, 1.82) is 0 Å². The lowest BCUT2D eigenvalue weighted by Crippen LogP contribution is -2.40. The molecule has 3 aromatic rings. The summed E-state index contributed by atoms with van der Waals surface area (Å²) in [6.07, 6.45) is 5.20. The van der Waals surface area contributed by atoms with E-state index in [1.807, 2.05) is 0 Å². The molecule has 0 radical (unpaired) electrons. The summed E-state index contributed by atoms with van der Waals surface area (Å²) >= 11 is 5.99. The standard InChI is InChI=1S/C17H18ClFN6O3S.3H2/c1-9(17(26)20-3-4-29(2,27)28)24-16-13(19)8-23-15(25-16)12-7-22-14-11(12)5-10(18)6-21-14;;;/h5-9H,3-4H2,1-2H3,(H,20,26)(H,21,22)(H,23,24,25);3*1H/t9-;;;/m0.../s1. The van der Waals surface area contributed by atoms with Crippen LogP contribution in [0.2, 0.25) is 5.02 Å². The van der Waals surface area contributed by atoms with Gasteiger partial charge in [0.25, 0.3) is 0 Å². The molecular weight excluding hydrogens is 423 g/mol. The van der Waals surface area contributed by atoms with Crippen LogP contribution in [0, 0.1) is 5.82 Å². The number of fused-ring (bicyclic) bond motifs is 1. The average Bonchev–Trinajstić information content (AvgIpc) is 3.05. The molecule has 0 aliphatic rings. The molecule has 0 spiro atoms. The molecule has 3 N–H and O–H groups in total. The molecular formula is C17H24ClFN6O3S. The van der Waals surface area contributed by atoms with E-state index in [0.29, 0.717) is 21.6 Å². The number of nitrogens with one attached hydrogen (secondary N) is 3. The van der Waals surface area contributed by atoms with E-state index >= 15 is 0 Å². The van der Waals surface area contributed by atoms with Crippen molar-refractivity contribution in [1.82, 2.24) is 25.3 Å². The fourth-order valence-corrected chi connectivity index (χ4v) is 3.18. The number of halogens is 2. The summed E-state index contributed by atoms with van der Waals surface area (Å²) in [5.74, 6) is -1.36. The highest BCUT2D eigenvalue weighted by Crippen LogP contribution is 2.28. The predicted molar refractivity (Wildman–Crippen MR) is 114 cm³/mol. The number of sulfone groups is 1. The van der Waals surface area contributed by atoms with Crippen molar-refractivity contribution in [3.63, 3.8) is 0 Å². The normalized spacial score (nSPS) is 12.7. The molecule has 0 unspecified atom stereocenters. The van der Waals surface area contributed by atoms with E-state index in [-0.39, 0.29) is 28.2 Å². The molecule has 0 saturated carbocycles. The Bertz CT molecular complexity index is 1180. The van der Waals surface area contributed by atoms with Crippen LogP contribution in [0.5, 0.6) is 0 Å². The number of hydrogen-bond donors (Lipinski definition) is 3. The molecule has 0 fully saturated rings. The van der Waals surface area contributed by atoms with Crippen LogP contribution in [0.4, 0.5) is 10.2 Å². The number of carbonyl (C=O) groups excluding carboxylic acids is 1. The van der Waals surface area contributed by atoms with Gasteiger partial charge in [-0.1, -0.05) is 11.6 Å². The highest BCUT2D eigenvalue weighted by atomic mass is 35.5. The fraction of sp³-hybridized carbons (Fsp3) is 0.294. The third-order valence-corrected chi connectivity index (χ3v) is 5.15. The monoisotopic (exact) mass is 446 g/mol. The van der Waals surface area contributed by atoms with E-state index in [4.69, 9.17) is 11.6 Å². The van der Waals surface area contributed by atoms with Gasteiger partial charge in [0.15, 0.2) is 17.5 Å². The molecule has 3 heterocycles. The van der Waals surface area contributed by atoms with Crippen LogP contribution in [0.1, 0.15) is 11.2 Å². The highest BCUT2D eigenvalue weighted by molar-refractivity contribution is 7.90. The molecule has 9 nitrogen and oxygen atoms in total. The molecule has 0 bridgehead atoms. The van der Waals surface area contributed by atoms with E-state index in [0.717, 1.165) is 12.5 Å². The molecule has 29 heavy (non-hydrogen) atoms. The average molecular weight is 447 g/mol. The topological polar surface area (TPSA) is 130 Å². The van der Waals surface area contributed by atoms with E-state index in [2.05, 4.69) is 30.6 Å². The Balaban J connectivity index is 0.00000320. The van der Waals surface area contributed by atoms with Gasteiger partial charge in [0.2, 0.25) is 5.91 Å². The number of anilines is 1. The molecule has 12 heteroatoms. The van der Waals surface area contributed by atoms with Gasteiger partial charge < -0.3 is 15.6 Å². The largest absolute Gasteiger partial charge is 0.356 e. The number of amides is 1. The smallest absolute Gasteiger partial charge is 0.242 e. The second-order valence-corrected chi connectivity index (χ2v) is 9.13. The van der Waals surface area contributed by atoms with Crippen molar-refractivity contribution < 1.29 is 21.9 Å². The Labute approximate surface area is 175 Å². The number of rotatable bonds is 7. The van der Waals surface area contributed by atoms with Crippen molar-refractivity contribution >= 4 is 44.2 Å². The van der Waals surface area contributed by atoms with Gasteiger partial charge in [0, 0.05) is 40.4 Å². The Morgan fingerprint density at radius 2 is 2.14 bits per heavy atom. The van der Waals surface area contributed by atoms with Crippen LogP contribution in [0.15, 0.2) is 24.7 Å². The van der Waals surface area contributed by atoms with Crippen LogP contribution in [0.25, 0.3) is 22.4 Å². The lowest BCUT2D eigenvalue weighted by molar-refractivity contribution is -0.121. The van der Waals surface area contributed by atoms with Crippen LogP contribution in [-0.2, 0) is 14.6 Å². The number of hydrogen-bond acceptors (Lipinski definition) is 7. The molecule has 0 aromatic carbocycles. The predicted octanol–water partition coefficient (Wildman–Crippen LogP) is 2.51. The van der Waals surface area contributed by atoms with Gasteiger partial charge in [0.1, 0.15) is 21.5 Å². The summed E-state index contributed by atoms with van der Waals surface area (Å²) in [7, 11) is -3.20. The number of pyridine rings is 1. The van der Waals surface area contributed by atoms with Crippen molar-refractivity contribution in [3.05, 3.63) is 35.5 Å². The number of H-pyrrole nitrogens is 1. The lowest BCUT2D eigenvalue weighted by atomic mass is 10.2. The quantitative estimate of drug-likeness (QED) is 0.508. The summed E-state index contributed by atoms with van der Waals surface area (Å²) in [6, 6.07) is 0.832. The van der Waals surface area contributed by atoms with Crippen LogP contribution < -0.4 is 10.6 Å². The molecule has 3 aromatic heterocycles. The Morgan fingerprint density at radius 1 is 1.38 bits per heavy atom. The van der Waals surface area contributed by atoms with Crippen molar-refractivity contribution in [3.8, 4) is 11.4 Å². The van der Waals surface area contributed by atoms with Crippen molar-refractivity contribution in [2.75, 3.05) is 23.9 Å². The first kappa shape index (κ1) is 20.9. The molecule has 0 aliphatic heterocycles. The summed E-state index contributed by atoms with van der Waals surface area (Å²) < 4.78 is 36.4. The minimum Gasteiger partial charge on any atom is -0.356 e. The SMILES string of the molecule is C[C@H](Nc1nc(-c2c[nH]c3ncc(Cl)cc23)ncc1F)C(=O)NCCS(C)(=O)=O.[HH].[HH].[HH]. The van der Waals surface area contributed by atoms with Gasteiger partial charge in [0.05, 0.1) is 17.0 Å². The van der Waals surface area contributed by atoms with Gasteiger partial charge >= 0.3 is 0 Å². The Morgan fingerprint density at radius 3 is 2.86 bits per heavy atom. The van der Waals surface area contributed by atoms with Gasteiger partial charge in [-0.05, 0) is 13.0 Å². The van der Waals surface area contributed by atoms with Crippen LogP contribution in [0.3, 0.4) is 0 Å². The number of aromatic nitrogens is 4. The first-order valence-electron chi connectivity index (χ1n) is 8.51. The maximum Gasteiger partial charge on any atom is 0.242 e. The van der Waals surface area contributed by atoms with E-state index in [1.165, 1.54) is 13.1 Å². The molecule has 160 valence electrons. The number of aromatic amines is 1. The van der Waals surface area contributed by atoms with Crippen molar-refractivity contribution in [2.45, 2.75) is 13.0 Å². The fourth-order valence-electron chi connectivity index (χ4n) is 2.54. The number of carbonyl (C=O) groups is 1. The lowest BCUT2D eigenvalue weighted by Gasteiger charge is -2.15. The van der Waals surface area contributed by atoms with Crippen LogP contribution in [-0.4, -0.2) is 58.9 Å². The highest BCUT2D eigenvalue weighted by Gasteiger charge is 2.18. The van der Waals surface area contributed by atoms with E-state index in [9.17, 15) is 17.6 Å². The molecule has 1 atom stereocenters. The first-order valence-corrected chi connectivity index (χ1v) is 11.0. The zero-order valence-electron chi connectivity index (χ0n) is 15.5. The molecule has 1 amide bonds. The van der Waals surface area contributed by atoms with E-state index < -0.39 is 27.6 Å². The summed E-state index contributed by atoms with van der Waals surface area (Å²) in [4.78, 5) is 27.4. The third-order valence-electron chi connectivity index (χ3n) is 4.00. The van der Waals surface area contributed by atoms with E-state index in [1.54, 1.807) is 12.3 Å². The van der Waals surface area contributed by atoms with Gasteiger partial charge in [-0.3, -0.25) is 4.79 Å². The second-order valence-electron chi connectivity index (χ2n) is 6.43. The van der Waals surface area contributed by atoms with Gasteiger partial charge in [-0.15, -0.1) is 0 Å². The molecule has 3 rings (SSSR count). The summed E-state index contributed by atoms with van der Waals surface area (Å²) in [5.41, 5.74) is 1.15. The minimum atomic E-state index is -3.20. The maximum atomic E-state index is 14.2.